The molecule has 2 rings (SSSR count). The molecule has 0 radical (unpaired) electrons. The minimum Gasteiger partial charge on any atom is -0.351 e. The fraction of sp³-hybridized carbons (Fsp3) is 0.531. The van der Waals surface area contributed by atoms with Crippen LogP contribution in [0, 0.1) is 13.8 Å². The Morgan fingerprint density at radius 1 is 0.578 bits per heavy atom. The number of hydrogen-bond acceptors (Lipinski definition) is 7. The zero-order valence-electron chi connectivity index (χ0n) is 26.6. The number of sulfonamides is 2. The van der Waals surface area contributed by atoms with E-state index < -0.39 is 53.8 Å². The second-order valence-corrected chi connectivity index (χ2v) is 15.0. The zero-order valence-corrected chi connectivity index (χ0v) is 28.2. The molecule has 0 saturated heterocycles. The summed E-state index contributed by atoms with van der Waals surface area (Å²) in [5, 5.41) is 0. The van der Waals surface area contributed by atoms with E-state index in [4.69, 9.17) is 11.5 Å². The molecule has 0 bridgehead atoms. The van der Waals surface area contributed by atoms with E-state index in [1.165, 1.54) is 87.1 Å². The maximum absolute atomic E-state index is 13.8. The van der Waals surface area contributed by atoms with Gasteiger partial charge >= 0.3 is 12.1 Å². The quantitative estimate of drug-likeness (QED) is 0.126. The average Bonchev–Trinajstić information content (AvgIpc) is 2.97. The number of carbonyl (C=O) groups is 3. The van der Waals surface area contributed by atoms with E-state index >= 15 is 0 Å². The van der Waals surface area contributed by atoms with Crippen molar-refractivity contribution in [3.63, 3.8) is 0 Å². The first-order chi connectivity index (χ1) is 21.2. The lowest BCUT2D eigenvalue weighted by molar-refractivity contribution is -0.124. The van der Waals surface area contributed by atoms with Gasteiger partial charge in [0.25, 0.3) is 20.0 Å². The zero-order chi connectivity index (χ0) is 33.6. The molecule has 0 atom stereocenters. The van der Waals surface area contributed by atoms with Gasteiger partial charge in [-0.2, -0.15) is 8.61 Å². The lowest BCUT2D eigenvalue weighted by Gasteiger charge is -2.35. The molecule has 45 heavy (non-hydrogen) atoms. The van der Waals surface area contributed by atoms with E-state index in [9.17, 15) is 31.2 Å². The number of hydrogen-bond donors (Lipinski definition) is 2. The molecule has 0 aliphatic rings. The van der Waals surface area contributed by atoms with E-state index in [-0.39, 0.29) is 21.5 Å². The summed E-state index contributed by atoms with van der Waals surface area (Å²) in [4.78, 5) is 38.5. The van der Waals surface area contributed by atoms with Crippen LogP contribution in [0.15, 0.2) is 58.3 Å². The van der Waals surface area contributed by atoms with Gasteiger partial charge < -0.3 is 11.5 Å². The van der Waals surface area contributed by atoms with Gasteiger partial charge in [-0.1, -0.05) is 113 Å². The van der Waals surface area contributed by atoms with Gasteiger partial charge in [0.05, 0.1) is 9.79 Å². The third-order valence-electron chi connectivity index (χ3n) is 7.60. The molecule has 4 amide bonds. The number of carbonyl (C=O) groups excluding carboxylic acids is 3. The van der Waals surface area contributed by atoms with Crippen LogP contribution < -0.4 is 11.5 Å². The summed E-state index contributed by atoms with van der Waals surface area (Å²) in [5.41, 5.74) is 12.5. The number of ketones is 1. The Labute approximate surface area is 268 Å². The summed E-state index contributed by atoms with van der Waals surface area (Å²) in [6, 6.07) is 7.32. The maximum Gasteiger partial charge on any atom is 0.331 e. The number of nitrogens with two attached hydrogens (primary N) is 2. The molecule has 2 aromatic rings. The SMILES string of the molecule is CCCCCCCCCCCCCCC(=O)C(N(C(N)=O)S(=O)(=O)c1ccc(C)cc1)N(C(N)=O)S(=O)(=O)c1ccc(C)cc1. The van der Waals surface area contributed by atoms with Gasteiger partial charge in [-0.3, -0.25) is 4.79 Å². The van der Waals surface area contributed by atoms with Crippen molar-refractivity contribution in [1.82, 2.24) is 8.61 Å². The summed E-state index contributed by atoms with van der Waals surface area (Å²) in [6.07, 6.45) is 9.46. The van der Waals surface area contributed by atoms with E-state index in [1.54, 1.807) is 13.8 Å². The third-order valence-corrected chi connectivity index (χ3v) is 11.1. The molecular weight excluding hydrogens is 617 g/mol. The number of primary amides is 2. The summed E-state index contributed by atoms with van der Waals surface area (Å²) in [5.74, 6) is -1.01. The normalized spacial score (nSPS) is 11.8. The number of aryl methyl sites for hydroxylation is 2. The predicted octanol–water partition coefficient (Wildman–Crippen LogP) is 6.13. The second kappa shape index (κ2) is 17.9. The molecule has 0 spiro atoms. The first-order valence-corrected chi connectivity index (χ1v) is 18.5. The van der Waals surface area contributed by atoms with Crippen molar-refractivity contribution in [3.8, 4) is 0 Å². The predicted molar refractivity (Wildman–Crippen MR) is 174 cm³/mol. The van der Waals surface area contributed by atoms with Crippen molar-refractivity contribution in [3.05, 3.63) is 59.7 Å². The average molecular weight is 665 g/mol. The van der Waals surface area contributed by atoms with Gasteiger partial charge in [0.1, 0.15) is 0 Å². The maximum atomic E-state index is 13.8. The van der Waals surface area contributed by atoms with E-state index in [1.807, 2.05) is 0 Å². The Hall–Kier alpha value is -3.45. The Balaban J connectivity index is 2.32. The van der Waals surface area contributed by atoms with Crippen LogP contribution in [-0.4, -0.2) is 49.5 Å². The van der Waals surface area contributed by atoms with Crippen LogP contribution in [0.2, 0.25) is 0 Å². The molecule has 0 unspecified atom stereocenters. The monoisotopic (exact) mass is 664 g/mol. The molecule has 250 valence electrons. The number of Topliss-reactive ketones (excluding diaryl/α,β-unsaturated/α-hetero) is 1. The molecule has 0 fully saturated rings. The number of rotatable bonds is 20. The smallest absolute Gasteiger partial charge is 0.331 e. The minimum absolute atomic E-state index is 0.0585. The summed E-state index contributed by atoms with van der Waals surface area (Å²) in [6.45, 7) is 5.62. The molecule has 0 aromatic heterocycles. The summed E-state index contributed by atoms with van der Waals surface area (Å²) < 4.78 is 54.8. The van der Waals surface area contributed by atoms with E-state index in [0.717, 1.165) is 25.7 Å². The first-order valence-electron chi connectivity index (χ1n) is 15.6. The van der Waals surface area contributed by atoms with Gasteiger partial charge in [0, 0.05) is 6.42 Å². The Morgan fingerprint density at radius 2 is 0.889 bits per heavy atom. The topological polar surface area (TPSA) is 178 Å². The Kier molecular flexibility index (Phi) is 15.0. The van der Waals surface area contributed by atoms with Crippen LogP contribution in [0.25, 0.3) is 0 Å². The van der Waals surface area contributed by atoms with Gasteiger partial charge in [0.15, 0.2) is 11.9 Å². The summed E-state index contributed by atoms with van der Waals surface area (Å²) in [7, 11) is -9.84. The Morgan fingerprint density at radius 3 is 1.20 bits per heavy atom. The number of unbranched alkanes of at least 4 members (excludes halogenated alkanes) is 11. The lowest BCUT2D eigenvalue weighted by Crippen LogP contribution is -2.62. The van der Waals surface area contributed by atoms with Crippen molar-refractivity contribution >= 4 is 37.9 Å². The second-order valence-electron chi connectivity index (χ2n) is 11.4. The van der Waals surface area contributed by atoms with Crippen LogP contribution >= 0.6 is 0 Å². The fourth-order valence-electron chi connectivity index (χ4n) is 5.01. The molecule has 0 aliphatic heterocycles. The third kappa shape index (κ3) is 10.8. The highest BCUT2D eigenvalue weighted by atomic mass is 32.2. The number of benzene rings is 2. The number of amides is 4. The van der Waals surface area contributed by atoms with Crippen LogP contribution in [0.4, 0.5) is 9.59 Å². The van der Waals surface area contributed by atoms with Crippen LogP contribution in [0.1, 0.15) is 102 Å². The number of nitrogens with zero attached hydrogens (tertiary/aromatic N) is 2. The van der Waals surface area contributed by atoms with E-state index in [0.29, 0.717) is 17.5 Å². The minimum atomic E-state index is -4.92. The Bertz CT molecular complexity index is 1380. The molecule has 11 nitrogen and oxygen atoms in total. The fourth-order valence-corrected chi connectivity index (χ4v) is 7.91. The highest BCUT2D eigenvalue weighted by Crippen LogP contribution is 2.27. The molecule has 2 aromatic carbocycles. The molecule has 4 N–H and O–H groups in total. The van der Waals surface area contributed by atoms with Crippen molar-refractivity contribution < 1.29 is 31.2 Å². The standard InChI is InChI=1S/C32H48N4O7S2/c1-4-5-6-7-8-9-10-11-12-13-14-15-16-29(37)30(35(31(33)38)44(40,41)27-21-17-25(2)18-22-27)36(32(34)39)45(42,43)28-23-19-26(3)20-24-28/h17-24,30H,4-16H2,1-3H3,(H2,33,38)(H2,34,39). The molecule has 0 heterocycles. The van der Waals surface area contributed by atoms with Crippen LogP contribution in [0.5, 0.6) is 0 Å². The molecule has 0 aliphatic carbocycles. The van der Waals surface area contributed by atoms with Gasteiger partial charge in [-0.25, -0.2) is 26.4 Å². The van der Waals surface area contributed by atoms with Crippen molar-refractivity contribution in [1.29, 1.82) is 0 Å². The van der Waals surface area contributed by atoms with Crippen molar-refractivity contribution in [2.75, 3.05) is 0 Å². The molecular formula is C32H48N4O7S2. The highest BCUT2D eigenvalue weighted by Gasteiger charge is 2.48. The van der Waals surface area contributed by atoms with Gasteiger partial charge in [-0.15, -0.1) is 0 Å². The largest absolute Gasteiger partial charge is 0.351 e. The van der Waals surface area contributed by atoms with Crippen molar-refractivity contribution in [2.24, 2.45) is 11.5 Å². The van der Waals surface area contributed by atoms with Gasteiger partial charge in [-0.05, 0) is 44.5 Å². The van der Waals surface area contributed by atoms with Gasteiger partial charge in [0.2, 0.25) is 0 Å². The van der Waals surface area contributed by atoms with Crippen LogP contribution in [-0.2, 0) is 24.8 Å². The van der Waals surface area contributed by atoms with Crippen LogP contribution in [0.3, 0.4) is 0 Å². The van der Waals surface area contributed by atoms with Crippen molar-refractivity contribution in [2.45, 2.75) is 120 Å². The first kappa shape index (κ1) is 37.7. The van der Waals surface area contributed by atoms with E-state index in [2.05, 4.69) is 6.92 Å². The number of urea groups is 2. The highest BCUT2D eigenvalue weighted by molar-refractivity contribution is 7.90. The lowest BCUT2D eigenvalue weighted by atomic mass is 10.0. The summed E-state index contributed by atoms with van der Waals surface area (Å²) >= 11 is 0. The molecule has 0 saturated carbocycles. The molecule has 13 heteroatoms.